The molecule has 1 aromatic carbocycles. The fourth-order valence-corrected chi connectivity index (χ4v) is 12.3. The summed E-state index contributed by atoms with van der Waals surface area (Å²) in [7, 11) is 2.26. The van der Waals surface area contributed by atoms with Crippen molar-refractivity contribution >= 4 is 22.7 Å². The molecule has 4 heteroatoms. The molecule has 270 valence electrons. The molecule has 11 rings (SSSR count). The topological polar surface area (TPSA) is 26.6 Å². The highest BCUT2D eigenvalue weighted by atomic mass is 16.5. The van der Waals surface area contributed by atoms with E-state index in [4.69, 9.17) is 9.47 Å². The van der Waals surface area contributed by atoms with E-state index >= 15 is 0 Å². The zero-order valence-corrected chi connectivity index (χ0v) is 31.1. The Morgan fingerprint density at radius 3 is 2.68 bits per heavy atom. The van der Waals surface area contributed by atoms with Gasteiger partial charge in [0.25, 0.3) is 0 Å². The summed E-state index contributed by atoms with van der Waals surface area (Å²) in [6.07, 6.45) is 48.2. The largest absolute Gasteiger partial charge is 0.486 e. The third-order valence-corrected chi connectivity index (χ3v) is 14.5. The second kappa shape index (κ2) is 12.7. The van der Waals surface area contributed by atoms with Crippen molar-refractivity contribution in [2.24, 2.45) is 35.0 Å². The Balaban J connectivity index is 0.973. The smallest absolute Gasteiger partial charge is 0.125 e. The van der Waals surface area contributed by atoms with Crippen LogP contribution >= 0.6 is 0 Å². The number of hydrogen-bond donors (Lipinski definition) is 0. The SMILES string of the molecule is CN1CC=CC=C1C1CCC2C(C1)OC1C=CC=CC1C21C2=CCCC=C2OC2C=C(C3C=Cc4c(n(C5=CCCCC5)c5ccccc45)C3)C=CC21. The van der Waals surface area contributed by atoms with Crippen molar-refractivity contribution in [3.8, 4) is 0 Å². The number of likely N-dealkylation sites (N-methyl/N-ethyl adjacent to an activating group) is 1. The van der Waals surface area contributed by atoms with Crippen molar-refractivity contribution in [3.63, 3.8) is 0 Å². The predicted molar refractivity (Wildman–Crippen MR) is 215 cm³/mol. The number of allylic oxidation sites excluding steroid dienone is 13. The van der Waals surface area contributed by atoms with Crippen molar-refractivity contribution < 1.29 is 9.47 Å². The Morgan fingerprint density at radius 1 is 0.849 bits per heavy atom. The molecule has 2 saturated heterocycles. The van der Waals surface area contributed by atoms with E-state index in [2.05, 4.69) is 132 Å². The molecular weight excluding hydrogens is 649 g/mol. The van der Waals surface area contributed by atoms with E-state index in [1.54, 1.807) is 0 Å². The highest BCUT2D eigenvalue weighted by Crippen LogP contribution is 2.66. The summed E-state index contributed by atoms with van der Waals surface area (Å²) >= 11 is 0. The number of para-hydroxylation sites is 1. The van der Waals surface area contributed by atoms with Crippen molar-refractivity contribution in [1.29, 1.82) is 0 Å². The average molecular weight is 701 g/mol. The van der Waals surface area contributed by atoms with E-state index < -0.39 is 0 Å². The third-order valence-electron chi connectivity index (χ3n) is 14.5. The molecule has 0 radical (unpaired) electrons. The Labute approximate surface area is 315 Å². The van der Waals surface area contributed by atoms with Gasteiger partial charge in [-0.05, 0) is 106 Å². The molecule has 9 atom stereocenters. The van der Waals surface area contributed by atoms with E-state index in [9.17, 15) is 0 Å². The van der Waals surface area contributed by atoms with Crippen molar-refractivity contribution in [2.75, 3.05) is 13.6 Å². The molecule has 0 bridgehead atoms. The first kappa shape index (κ1) is 32.2. The summed E-state index contributed by atoms with van der Waals surface area (Å²) in [6, 6.07) is 9.05. The molecule has 1 spiro atoms. The number of aromatic nitrogens is 1. The monoisotopic (exact) mass is 700 g/mol. The lowest BCUT2D eigenvalue weighted by molar-refractivity contribution is -0.195. The van der Waals surface area contributed by atoms with Crippen LogP contribution in [0, 0.1) is 35.0 Å². The zero-order valence-electron chi connectivity index (χ0n) is 31.1. The van der Waals surface area contributed by atoms with Crippen LogP contribution in [0.5, 0.6) is 0 Å². The highest BCUT2D eigenvalue weighted by molar-refractivity contribution is 5.94. The van der Waals surface area contributed by atoms with Crippen LogP contribution in [0.15, 0.2) is 132 Å². The molecule has 1 saturated carbocycles. The summed E-state index contributed by atoms with van der Waals surface area (Å²) in [6.45, 7) is 0.999. The zero-order chi connectivity index (χ0) is 35.1. The van der Waals surface area contributed by atoms with Gasteiger partial charge in [0, 0.05) is 70.7 Å². The molecule has 0 N–H and O–H groups in total. The van der Waals surface area contributed by atoms with Crippen LogP contribution < -0.4 is 0 Å². The number of ether oxygens (including phenoxy) is 2. The van der Waals surface area contributed by atoms with Crippen LogP contribution in [0.25, 0.3) is 22.7 Å². The molecule has 9 unspecified atom stereocenters. The molecule has 1 aromatic heterocycles. The van der Waals surface area contributed by atoms with E-state index in [0.29, 0.717) is 17.8 Å². The van der Waals surface area contributed by atoms with E-state index in [1.165, 1.54) is 76.8 Å². The summed E-state index contributed by atoms with van der Waals surface area (Å²) in [5.41, 5.74) is 10.0. The van der Waals surface area contributed by atoms with E-state index in [0.717, 1.165) is 44.4 Å². The third kappa shape index (κ3) is 4.90. The number of fused-ring (bicyclic) bond motifs is 11. The Bertz CT molecular complexity index is 2160. The Morgan fingerprint density at radius 2 is 1.75 bits per heavy atom. The molecule has 53 heavy (non-hydrogen) atoms. The van der Waals surface area contributed by atoms with Crippen molar-refractivity contribution in [1.82, 2.24) is 9.47 Å². The van der Waals surface area contributed by atoms with Gasteiger partial charge in [0.15, 0.2) is 0 Å². The molecular formula is C49H52N2O2. The fourth-order valence-electron chi connectivity index (χ4n) is 12.3. The summed E-state index contributed by atoms with van der Waals surface area (Å²) in [4.78, 5) is 2.45. The first-order valence-corrected chi connectivity index (χ1v) is 20.7. The second-order valence-corrected chi connectivity index (χ2v) is 17.1. The van der Waals surface area contributed by atoms with Gasteiger partial charge in [-0.25, -0.2) is 0 Å². The summed E-state index contributed by atoms with van der Waals surface area (Å²) < 4.78 is 17.0. The minimum absolute atomic E-state index is 0.00645. The molecule has 9 aliphatic rings. The van der Waals surface area contributed by atoms with E-state index in [-0.39, 0.29) is 35.6 Å². The van der Waals surface area contributed by atoms with Crippen LogP contribution in [-0.2, 0) is 15.9 Å². The number of benzene rings is 1. The predicted octanol–water partition coefficient (Wildman–Crippen LogP) is 10.7. The standard InChI is InChI=1S/C49H52N2O2/c1-50-28-12-11-18-42(50)34-24-27-41-48(31-34)53-46-21-10-7-17-39(46)49(41)38-16-6-9-20-45(38)52-47-30-33(23-26-40(47)49)32-22-25-37-36-15-5-8-19-43(36)51(44(37)29-32)35-13-3-2-4-14-35/h5,7-8,10-13,15-23,25-26,30,32,34,39-41,46-48H,2-4,6,9,14,24,27-29,31H2,1H3. The van der Waals surface area contributed by atoms with Crippen LogP contribution in [0.3, 0.4) is 0 Å². The quantitative estimate of drug-likeness (QED) is 0.319. The maximum atomic E-state index is 7.23. The number of hydrogen-bond acceptors (Lipinski definition) is 3. The van der Waals surface area contributed by atoms with Gasteiger partial charge in [0.05, 0.1) is 17.7 Å². The van der Waals surface area contributed by atoms with Crippen LogP contribution in [0.2, 0.25) is 0 Å². The molecule has 2 aromatic rings. The van der Waals surface area contributed by atoms with Crippen molar-refractivity contribution in [2.45, 2.75) is 82.5 Å². The first-order chi connectivity index (χ1) is 26.2. The fraction of sp³-hybridized carbons (Fsp3) is 0.429. The molecule has 0 amide bonds. The molecule has 4 nitrogen and oxygen atoms in total. The lowest BCUT2D eigenvalue weighted by Crippen LogP contribution is -2.64. The van der Waals surface area contributed by atoms with Crippen molar-refractivity contribution in [3.05, 3.63) is 143 Å². The van der Waals surface area contributed by atoms with Gasteiger partial charge in [-0.15, -0.1) is 0 Å². The average Bonchev–Trinajstić information content (AvgIpc) is 3.54. The Kier molecular flexibility index (Phi) is 7.68. The lowest BCUT2D eigenvalue weighted by Gasteiger charge is -2.64. The van der Waals surface area contributed by atoms with Crippen LogP contribution in [0.4, 0.5) is 0 Å². The normalized spacial score (nSPS) is 36.6. The van der Waals surface area contributed by atoms with Crippen LogP contribution in [0.1, 0.15) is 69.0 Å². The van der Waals surface area contributed by atoms with Gasteiger partial charge >= 0.3 is 0 Å². The molecule has 3 aliphatic heterocycles. The number of nitrogens with zero attached hydrogens (tertiary/aromatic N) is 2. The maximum absolute atomic E-state index is 7.23. The van der Waals surface area contributed by atoms with Gasteiger partial charge in [-0.1, -0.05) is 91.1 Å². The van der Waals surface area contributed by atoms with Gasteiger partial charge in [-0.3, -0.25) is 0 Å². The maximum Gasteiger partial charge on any atom is 0.125 e. The van der Waals surface area contributed by atoms with Crippen LogP contribution in [-0.4, -0.2) is 41.4 Å². The van der Waals surface area contributed by atoms with E-state index in [1.807, 2.05) is 0 Å². The highest BCUT2D eigenvalue weighted by Gasteiger charge is 2.65. The molecule has 4 heterocycles. The lowest BCUT2D eigenvalue weighted by atomic mass is 9.46. The summed E-state index contributed by atoms with van der Waals surface area (Å²) in [5.74, 6) is 2.98. The number of rotatable bonds is 3. The van der Waals surface area contributed by atoms with Gasteiger partial charge in [0.1, 0.15) is 11.9 Å². The van der Waals surface area contributed by atoms with Gasteiger partial charge in [0.2, 0.25) is 0 Å². The molecule has 3 fully saturated rings. The second-order valence-electron chi connectivity index (χ2n) is 17.1. The van der Waals surface area contributed by atoms with Gasteiger partial charge < -0.3 is 18.9 Å². The minimum atomic E-state index is -0.0737. The van der Waals surface area contributed by atoms with Gasteiger partial charge in [-0.2, -0.15) is 0 Å². The minimum Gasteiger partial charge on any atom is -0.486 e. The molecule has 6 aliphatic carbocycles. The Hall–Kier alpha value is -4.28. The first-order valence-electron chi connectivity index (χ1n) is 20.7. The summed E-state index contributed by atoms with van der Waals surface area (Å²) in [5, 5.41) is 1.38.